The van der Waals surface area contributed by atoms with Gasteiger partial charge in [-0.15, -0.1) is 11.3 Å². The van der Waals surface area contributed by atoms with Crippen molar-refractivity contribution in [2.75, 3.05) is 11.9 Å². The van der Waals surface area contributed by atoms with Gasteiger partial charge in [0.2, 0.25) is 5.91 Å². The summed E-state index contributed by atoms with van der Waals surface area (Å²) in [6.45, 7) is 6.43. The van der Waals surface area contributed by atoms with Crippen LogP contribution >= 0.6 is 11.3 Å². The summed E-state index contributed by atoms with van der Waals surface area (Å²) in [6.07, 6.45) is 8.50. The molecule has 1 aliphatic carbocycles. The molecule has 0 saturated carbocycles. The Morgan fingerprint density at radius 2 is 1.86 bits per heavy atom. The standard InChI is InChI=1S/C24H29NO3S/c1-4-28-24(27)22-19-8-6-5-7-9-20(19)29-23(22)25-21(26)15-12-17-10-13-18(14-11-17)16(2)3/h10-16H,4-9H2,1-3H3,(H,25,26)/b15-12+. The maximum absolute atomic E-state index is 12.6. The molecule has 4 nitrogen and oxygen atoms in total. The van der Waals surface area contributed by atoms with E-state index in [1.165, 1.54) is 34.3 Å². The Labute approximate surface area is 177 Å². The Bertz CT molecular complexity index is 894. The number of hydrogen-bond donors (Lipinski definition) is 1. The second-order valence-corrected chi connectivity index (χ2v) is 8.74. The summed E-state index contributed by atoms with van der Waals surface area (Å²) in [5.74, 6) is -0.0953. The molecule has 1 aromatic heterocycles. The molecule has 0 radical (unpaired) electrons. The summed E-state index contributed by atoms with van der Waals surface area (Å²) < 4.78 is 5.27. The van der Waals surface area contributed by atoms with Gasteiger partial charge in [0.25, 0.3) is 0 Å². The molecule has 2 aromatic rings. The Hall–Kier alpha value is -2.40. The minimum absolute atomic E-state index is 0.236. The molecule has 0 saturated heterocycles. The van der Waals surface area contributed by atoms with Crippen LogP contribution in [0.5, 0.6) is 0 Å². The fourth-order valence-electron chi connectivity index (χ4n) is 3.57. The second-order valence-electron chi connectivity index (χ2n) is 7.63. The number of rotatable bonds is 6. The molecule has 29 heavy (non-hydrogen) atoms. The third-order valence-electron chi connectivity index (χ3n) is 5.17. The lowest BCUT2D eigenvalue weighted by atomic mass is 10.0. The van der Waals surface area contributed by atoms with Gasteiger partial charge in [-0.1, -0.05) is 44.5 Å². The zero-order chi connectivity index (χ0) is 20.8. The molecule has 0 aliphatic heterocycles. The van der Waals surface area contributed by atoms with Gasteiger partial charge in [0.15, 0.2) is 0 Å². The molecular weight excluding hydrogens is 382 g/mol. The maximum atomic E-state index is 12.6. The van der Waals surface area contributed by atoms with Crippen LogP contribution in [0.25, 0.3) is 6.08 Å². The number of fused-ring (bicyclic) bond motifs is 1. The number of ether oxygens (including phenoxy) is 1. The zero-order valence-electron chi connectivity index (χ0n) is 17.4. The summed E-state index contributed by atoms with van der Waals surface area (Å²) in [5.41, 5.74) is 3.86. The average Bonchev–Trinajstić information content (AvgIpc) is 2.87. The average molecular weight is 412 g/mol. The van der Waals surface area contributed by atoms with Gasteiger partial charge in [-0.2, -0.15) is 0 Å². The van der Waals surface area contributed by atoms with Gasteiger partial charge in [0, 0.05) is 11.0 Å². The summed E-state index contributed by atoms with van der Waals surface area (Å²) in [7, 11) is 0. The highest BCUT2D eigenvalue weighted by atomic mass is 32.1. The summed E-state index contributed by atoms with van der Waals surface area (Å²) in [5, 5.41) is 3.53. The van der Waals surface area contributed by atoms with Crippen molar-refractivity contribution < 1.29 is 14.3 Å². The molecule has 1 aliphatic rings. The molecular formula is C24H29NO3S. The number of nitrogens with one attached hydrogen (secondary N) is 1. The SMILES string of the molecule is CCOC(=O)c1c(NC(=O)/C=C/c2ccc(C(C)C)cc2)sc2c1CCCCC2. The van der Waals surface area contributed by atoms with E-state index >= 15 is 0 Å². The van der Waals surface area contributed by atoms with E-state index in [0.717, 1.165) is 36.8 Å². The first kappa shape index (κ1) is 21.3. The summed E-state index contributed by atoms with van der Waals surface area (Å²) in [4.78, 5) is 26.3. The highest BCUT2D eigenvalue weighted by Crippen LogP contribution is 2.38. The van der Waals surface area contributed by atoms with Gasteiger partial charge in [-0.3, -0.25) is 4.79 Å². The number of carbonyl (C=O) groups excluding carboxylic acids is 2. The number of thiophene rings is 1. The molecule has 3 rings (SSSR count). The summed E-state index contributed by atoms with van der Waals surface area (Å²) in [6, 6.07) is 8.18. The molecule has 0 spiro atoms. The third kappa shape index (κ3) is 5.36. The van der Waals surface area contributed by atoms with Crippen molar-refractivity contribution in [2.45, 2.75) is 58.8 Å². The molecule has 1 aromatic carbocycles. The maximum Gasteiger partial charge on any atom is 0.341 e. The molecule has 0 atom stereocenters. The quantitative estimate of drug-likeness (QED) is 0.362. The number of anilines is 1. The van der Waals surface area contributed by atoms with Crippen molar-refractivity contribution in [2.24, 2.45) is 0 Å². The first-order valence-corrected chi connectivity index (χ1v) is 11.2. The van der Waals surface area contributed by atoms with Gasteiger partial charge in [-0.05, 0) is 61.3 Å². The zero-order valence-corrected chi connectivity index (χ0v) is 18.2. The minimum Gasteiger partial charge on any atom is -0.462 e. The molecule has 0 bridgehead atoms. The van der Waals surface area contributed by atoms with Crippen molar-refractivity contribution >= 4 is 34.3 Å². The molecule has 0 fully saturated rings. The molecule has 1 amide bonds. The fraction of sp³-hybridized carbons (Fsp3) is 0.417. The Kier molecular flexibility index (Phi) is 7.26. The fourth-order valence-corrected chi connectivity index (χ4v) is 4.85. The van der Waals surface area contributed by atoms with Crippen molar-refractivity contribution in [1.29, 1.82) is 0 Å². The van der Waals surface area contributed by atoms with Gasteiger partial charge >= 0.3 is 5.97 Å². The molecule has 1 heterocycles. The van der Waals surface area contributed by atoms with Gasteiger partial charge in [0.05, 0.1) is 12.2 Å². The van der Waals surface area contributed by atoms with Gasteiger partial charge in [0.1, 0.15) is 5.00 Å². The number of aryl methyl sites for hydroxylation is 1. The van der Waals surface area contributed by atoms with Crippen molar-refractivity contribution in [1.82, 2.24) is 0 Å². The van der Waals surface area contributed by atoms with E-state index in [1.807, 2.05) is 12.1 Å². The van der Waals surface area contributed by atoms with E-state index in [-0.39, 0.29) is 11.9 Å². The van der Waals surface area contributed by atoms with Gasteiger partial charge < -0.3 is 10.1 Å². The Morgan fingerprint density at radius 1 is 1.14 bits per heavy atom. The van der Waals surface area contributed by atoms with Crippen LogP contribution in [0.4, 0.5) is 5.00 Å². The lowest BCUT2D eigenvalue weighted by Crippen LogP contribution is -2.13. The van der Waals surface area contributed by atoms with Crippen LogP contribution in [-0.4, -0.2) is 18.5 Å². The predicted molar refractivity (Wildman–Crippen MR) is 120 cm³/mol. The van der Waals surface area contributed by atoms with Crippen LogP contribution in [0.2, 0.25) is 0 Å². The topological polar surface area (TPSA) is 55.4 Å². The number of carbonyl (C=O) groups is 2. The van der Waals surface area contributed by atoms with Crippen molar-refractivity contribution in [3.63, 3.8) is 0 Å². The van der Waals surface area contributed by atoms with E-state index in [4.69, 9.17) is 4.74 Å². The predicted octanol–water partition coefficient (Wildman–Crippen LogP) is 5.97. The molecule has 5 heteroatoms. The van der Waals surface area contributed by atoms with Crippen LogP contribution in [0.3, 0.4) is 0 Å². The largest absolute Gasteiger partial charge is 0.462 e. The number of esters is 1. The van der Waals surface area contributed by atoms with Crippen molar-refractivity contribution in [3.05, 3.63) is 57.5 Å². The molecule has 0 unspecified atom stereocenters. The molecule has 154 valence electrons. The van der Waals surface area contributed by atoms with E-state index in [1.54, 1.807) is 13.0 Å². The third-order valence-corrected chi connectivity index (χ3v) is 6.38. The highest BCUT2D eigenvalue weighted by Gasteiger charge is 2.26. The number of benzene rings is 1. The first-order chi connectivity index (χ1) is 14.0. The van der Waals surface area contributed by atoms with Crippen LogP contribution in [0.1, 0.15) is 77.9 Å². The van der Waals surface area contributed by atoms with Crippen LogP contribution in [0, 0.1) is 0 Å². The molecule has 1 N–H and O–H groups in total. The summed E-state index contributed by atoms with van der Waals surface area (Å²) >= 11 is 1.52. The van der Waals surface area contributed by atoms with E-state index in [2.05, 4.69) is 31.3 Å². The smallest absolute Gasteiger partial charge is 0.341 e. The second kappa shape index (κ2) is 9.88. The van der Waals surface area contributed by atoms with E-state index in [9.17, 15) is 9.59 Å². The number of amides is 1. The lowest BCUT2D eigenvalue weighted by molar-refractivity contribution is -0.111. The van der Waals surface area contributed by atoms with Crippen LogP contribution < -0.4 is 5.32 Å². The first-order valence-electron chi connectivity index (χ1n) is 10.4. The minimum atomic E-state index is -0.338. The lowest BCUT2D eigenvalue weighted by Gasteiger charge is -2.07. The van der Waals surface area contributed by atoms with Crippen molar-refractivity contribution in [3.8, 4) is 0 Å². The van der Waals surface area contributed by atoms with E-state index < -0.39 is 0 Å². The highest BCUT2D eigenvalue weighted by molar-refractivity contribution is 7.17. The van der Waals surface area contributed by atoms with Crippen LogP contribution in [-0.2, 0) is 22.4 Å². The van der Waals surface area contributed by atoms with Crippen LogP contribution in [0.15, 0.2) is 30.3 Å². The number of hydrogen-bond acceptors (Lipinski definition) is 4. The Morgan fingerprint density at radius 3 is 2.55 bits per heavy atom. The monoisotopic (exact) mass is 411 g/mol. The van der Waals surface area contributed by atoms with Gasteiger partial charge in [-0.25, -0.2) is 4.79 Å². The van der Waals surface area contributed by atoms with E-state index in [0.29, 0.717) is 23.1 Å². The normalized spacial score (nSPS) is 13.9. The Balaban J connectivity index is 1.77.